The maximum absolute atomic E-state index is 11.9. The van der Waals surface area contributed by atoms with E-state index < -0.39 is 29.6 Å². The molecule has 1 rings (SSSR count). The molecule has 0 radical (unpaired) electrons. The minimum Gasteiger partial charge on any atom is -0.482 e. The van der Waals surface area contributed by atoms with Crippen molar-refractivity contribution in [3.8, 4) is 5.75 Å². The van der Waals surface area contributed by atoms with Crippen molar-refractivity contribution >= 4 is 17.9 Å². The predicted molar refractivity (Wildman–Crippen MR) is 93.4 cm³/mol. The molecule has 0 aliphatic carbocycles. The first-order valence-corrected chi connectivity index (χ1v) is 8.01. The SMILES string of the molecule is Cc1cccc(OCC(=O)O[C@H](C)C(=O)NC(=O)NC(C)(C)C)c1C. The first kappa shape index (κ1) is 20.5. The molecule has 0 aliphatic rings. The second-order valence-electron chi connectivity index (χ2n) is 6.81. The second-order valence-corrected chi connectivity index (χ2v) is 6.81. The lowest BCUT2D eigenvalue weighted by molar-refractivity contribution is -0.156. The molecule has 2 N–H and O–H groups in total. The van der Waals surface area contributed by atoms with Gasteiger partial charge in [-0.15, -0.1) is 0 Å². The summed E-state index contributed by atoms with van der Waals surface area (Å²) in [6.07, 6.45) is -1.11. The summed E-state index contributed by atoms with van der Waals surface area (Å²) in [6.45, 7) is 10.2. The van der Waals surface area contributed by atoms with Gasteiger partial charge in [0.1, 0.15) is 5.75 Å². The predicted octanol–water partition coefficient (Wildman–Crippen LogP) is 2.24. The Morgan fingerprint density at radius 2 is 1.80 bits per heavy atom. The van der Waals surface area contributed by atoms with Crippen LogP contribution in [0.25, 0.3) is 0 Å². The highest BCUT2D eigenvalue weighted by Gasteiger charge is 2.22. The van der Waals surface area contributed by atoms with E-state index in [0.717, 1.165) is 11.1 Å². The standard InChI is InChI=1S/C18H26N2O5/c1-11-8-7-9-14(12(11)2)24-10-15(21)25-13(3)16(22)19-17(23)20-18(4,5)6/h7-9,13H,10H2,1-6H3,(H2,19,20,22,23)/t13-/m1/s1. The zero-order chi connectivity index (χ0) is 19.2. The molecule has 0 aromatic heterocycles. The second kappa shape index (κ2) is 8.50. The highest BCUT2D eigenvalue weighted by molar-refractivity contribution is 5.97. The van der Waals surface area contributed by atoms with Crippen molar-refractivity contribution in [2.45, 2.75) is 53.2 Å². The van der Waals surface area contributed by atoms with E-state index in [2.05, 4.69) is 10.6 Å². The molecule has 138 valence electrons. The quantitative estimate of drug-likeness (QED) is 0.794. The van der Waals surface area contributed by atoms with Gasteiger partial charge < -0.3 is 14.8 Å². The molecule has 0 aliphatic heterocycles. The van der Waals surface area contributed by atoms with Crippen molar-refractivity contribution in [2.24, 2.45) is 0 Å². The third-order valence-electron chi connectivity index (χ3n) is 3.30. The Hall–Kier alpha value is -2.57. The molecular weight excluding hydrogens is 324 g/mol. The minimum absolute atomic E-state index is 0.323. The molecule has 0 saturated heterocycles. The highest BCUT2D eigenvalue weighted by atomic mass is 16.6. The van der Waals surface area contributed by atoms with Gasteiger partial charge in [0.15, 0.2) is 12.7 Å². The fraction of sp³-hybridized carbons (Fsp3) is 0.500. The summed E-state index contributed by atoms with van der Waals surface area (Å²) in [6, 6.07) is 4.87. The van der Waals surface area contributed by atoms with Crippen LogP contribution in [-0.4, -0.2) is 36.2 Å². The van der Waals surface area contributed by atoms with Crippen LogP contribution in [0.4, 0.5) is 4.79 Å². The van der Waals surface area contributed by atoms with Gasteiger partial charge in [0.2, 0.25) is 0 Å². The van der Waals surface area contributed by atoms with Gasteiger partial charge >= 0.3 is 12.0 Å². The lowest BCUT2D eigenvalue weighted by atomic mass is 10.1. The van der Waals surface area contributed by atoms with Gasteiger partial charge in [0, 0.05) is 5.54 Å². The fourth-order valence-corrected chi connectivity index (χ4v) is 1.89. The summed E-state index contributed by atoms with van der Waals surface area (Å²) < 4.78 is 10.4. The zero-order valence-corrected chi connectivity index (χ0v) is 15.6. The van der Waals surface area contributed by atoms with E-state index in [1.54, 1.807) is 26.8 Å². The largest absolute Gasteiger partial charge is 0.482 e. The van der Waals surface area contributed by atoms with Crippen molar-refractivity contribution < 1.29 is 23.9 Å². The van der Waals surface area contributed by atoms with Gasteiger partial charge in [0.05, 0.1) is 0 Å². The number of nitrogens with one attached hydrogen (secondary N) is 2. The average molecular weight is 350 g/mol. The first-order valence-electron chi connectivity index (χ1n) is 8.01. The maximum atomic E-state index is 11.9. The topological polar surface area (TPSA) is 93.7 Å². The number of amides is 3. The highest BCUT2D eigenvalue weighted by Crippen LogP contribution is 2.20. The Bertz CT molecular complexity index is 649. The van der Waals surface area contributed by atoms with Crippen LogP contribution in [-0.2, 0) is 14.3 Å². The third kappa shape index (κ3) is 7.24. The van der Waals surface area contributed by atoms with E-state index >= 15 is 0 Å². The molecule has 0 fully saturated rings. The Kier molecular flexibility index (Phi) is 6.97. The summed E-state index contributed by atoms with van der Waals surface area (Å²) in [5.74, 6) is -0.819. The Morgan fingerprint density at radius 3 is 2.40 bits per heavy atom. The van der Waals surface area contributed by atoms with E-state index in [4.69, 9.17) is 9.47 Å². The van der Waals surface area contributed by atoms with E-state index in [1.807, 2.05) is 26.0 Å². The molecule has 0 unspecified atom stereocenters. The normalized spacial score (nSPS) is 12.1. The van der Waals surface area contributed by atoms with Crippen molar-refractivity contribution in [2.75, 3.05) is 6.61 Å². The number of esters is 1. The van der Waals surface area contributed by atoms with E-state index in [0.29, 0.717) is 5.75 Å². The zero-order valence-electron chi connectivity index (χ0n) is 15.6. The maximum Gasteiger partial charge on any atom is 0.344 e. The molecule has 1 aromatic rings. The van der Waals surface area contributed by atoms with Crippen LogP contribution in [0.15, 0.2) is 18.2 Å². The molecule has 3 amide bonds. The number of rotatable bonds is 5. The Morgan fingerprint density at radius 1 is 1.16 bits per heavy atom. The van der Waals surface area contributed by atoms with E-state index in [9.17, 15) is 14.4 Å². The summed E-state index contributed by atoms with van der Waals surface area (Å²) in [5.41, 5.74) is 1.49. The minimum atomic E-state index is -1.11. The number of aryl methyl sites for hydroxylation is 1. The van der Waals surface area contributed by atoms with Gasteiger partial charge in [-0.1, -0.05) is 12.1 Å². The molecule has 25 heavy (non-hydrogen) atoms. The molecule has 7 heteroatoms. The van der Waals surface area contributed by atoms with Gasteiger partial charge in [-0.2, -0.15) is 0 Å². The van der Waals surface area contributed by atoms with Gasteiger partial charge in [0.25, 0.3) is 5.91 Å². The van der Waals surface area contributed by atoms with Gasteiger partial charge in [-0.3, -0.25) is 10.1 Å². The van der Waals surface area contributed by atoms with Crippen LogP contribution in [0, 0.1) is 13.8 Å². The third-order valence-corrected chi connectivity index (χ3v) is 3.30. The fourth-order valence-electron chi connectivity index (χ4n) is 1.89. The Balaban J connectivity index is 2.46. The van der Waals surface area contributed by atoms with Crippen molar-refractivity contribution in [1.82, 2.24) is 10.6 Å². The summed E-state index contributed by atoms with van der Waals surface area (Å²) in [5, 5.41) is 4.71. The van der Waals surface area contributed by atoms with Crippen LogP contribution in [0.1, 0.15) is 38.8 Å². The summed E-state index contributed by atoms with van der Waals surface area (Å²) >= 11 is 0. The van der Waals surface area contributed by atoms with Gasteiger partial charge in [-0.05, 0) is 58.7 Å². The molecule has 0 bridgehead atoms. The summed E-state index contributed by atoms with van der Waals surface area (Å²) in [4.78, 5) is 35.3. The monoisotopic (exact) mass is 350 g/mol. The number of benzene rings is 1. The summed E-state index contributed by atoms with van der Waals surface area (Å²) in [7, 11) is 0. The number of carbonyl (C=O) groups is 3. The lowest BCUT2D eigenvalue weighted by Gasteiger charge is -2.21. The van der Waals surface area contributed by atoms with Crippen LogP contribution in [0.5, 0.6) is 5.75 Å². The van der Waals surface area contributed by atoms with Crippen molar-refractivity contribution in [3.63, 3.8) is 0 Å². The smallest absolute Gasteiger partial charge is 0.344 e. The molecule has 1 atom stereocenters. The first-order chi connectivity index (χ1) is 11.5. The number of carbonyl (C=O) groups excluding carboxylic acids is 3. The van der Waals surface area contributed by atoms with E-state index in [-0.39, 0.29) is 6.61 Å². The van der Waals surface area contributed by atoms with Crippen molar-refractivity contribution in [3.05, 3.63) is 29.3 Å². The number of hydrogen-bond acceptors (Lipinski definition) is 5. The van der Waals surface area contributed by atoms with Crippen LogP contribution in [0.2, 0.25) is 0 Å². The molecule has 1 aromatic carbocycles. The van der Waals surface area contributed by atoms with Crippen LogP contribution in [0.3, 0.4) is 0 Å². The van der Waals surface area contributed by atoms with Gasteiger partial charge in [-0.25, -0.2) is 9.59 Å². The molecule has 0 saturated carbocycles. The van der Waals surface area contributed by atoms with Crippen LogP contribution < -0.4 is 15.4 Å². The van der Waals surface area contributed by atoms with E-state index in [1.165, 1.54) is 6.92 Å². The molecular formula is C18H26N2O5. The van der Waals surface area contributed by atoms with Crippen molar-refractivity contribution in [1.29, 1.82) is 0 Å². The number of urea groups is 1. The molecule has 7 nitrogen and oxygen atoms in total. The lowest BCUT2D eigenvalue weighted by Crippen LogP contribution is -2.50. The molecule has 0 heterocycles. The number of ether oxygens (including phenoxy) is 2. The number of imide groups is 1. The molecule has 0 spiro atoms. The van der Waals surface area contributed by atoms with Crippen LogP contribution >= 0.6 is 0 Å². The average Bonchev–Trinajstić information content (AvgIpc) is 2.46. The number of hydrogen-bond donors (Lipinski definition) is 2. The Labute approximate surface area is 148 Å².